The Morgan fingerprint density at radius 2 is 1.82 bits per heavy atom. The Bertz CT molecular complexity index is 1440. The molecule has 1 unspecified atom stereocenters. The molecule has 0 spiro atoms. The molecular formula is C29H34N4O6. The van der Waals surface area contributed by atoms with Crippen molar-refractivity contribution < 1.29 is 28.9 Å². The topological polar surface area (TPSA) is 106 Å². The van der Waals surface area contributed by atoms with Gasteiger partial charge in [-0.1, -0.05) is 12.1 Å². The van der Waals surface area contributed by atoms with E-state index in [0.717, 1.165) is 25.2 Å². The number of hydrogen-bond donors (Lipinski definition) is 1. The number of hydrogen-bond acceptors (Lipinski definition) is 8. The molecule has 0 aliphatic carbocycles. The van der Waals surface area contributed by atoms with E-state index in [9.17, 15) is 14.7 Å². The van der Waals surface area contributed by atoms with E-state index >= 15 is 0 Å². The van der Waals surface area contributed by atoms with Gasteiger partial charge in [0.05, 0.1) is 44.7 Å². The van der Waals surface area contributed by atoms with Crippen molar-refractivity contribution in [2.24, 2.45) is 0 Å². The van der Waals surface area contributed by atoms with Crippen molar-refractivity contribution in [1.82, 2.24) is 19.2 Å². The number of rotatable bonds is 8. The average molecular weight is 535 g/mol. The van der Waals surface area contributed by atoms with E-state index in [1.807, 2.05) is 36.6 Å². The van der Waals surface area contributed by atoms with E-state index in [4.69, 9.17) is 14.2 Å². The number of likely N-dealkylation sites (tertiary alicyclic amines) is 1. The molecule has 1 atom stereocenters. The van der Waals surface area contributed by atoms with Crippen LogP contribution in [0.5, 0.6) is 11.5 Å². The lowest BCUT2D eigenvalue weighted by molar-refractivity contribution is -0.140. The van der Waals surface area contributed by atoms with Gasteiger partial charge in [-0.3, -0.25) is 14.5 Å². The minimum Gasteiger partial charge on any atom is -0.505 e. The Labute approximate surface area is 227 Å². The Morgan fingerprint density at radius 3 is 2.51 bits per heavy atom. The third-order valence-corrected chi connectivity index (χ3v) is 7.55. The highest BCUT2D eigenvalue weighted by molar-refractivity contribution is 6.46. The number of methoxy groups -OCH3 is 2. The van der Waals surface area contributed by atoms with Gasteiger partial charge < -0.3 is 28.6 Å². The predicted octanol–water partition coefficient (Wildman–Crippen LogP) is 3.11. The number of morpholine rings is 1. The number of carbonyl (C=O) groups excluding carboxylic acids is 2. The number of amides is 1. The Balaban J connectivity index is 1.58. The SMILES string of the molecule is COc1ccc(C2/C(=C(\O)c3nc4c(C)cccn4c3C)C(=O)C(=O)N2CCCN2CCOCC2)cc1OC. The highest BCUT2D eigenvalue weighted by Crippen LogP contribution is 2.42. The molecule has 1 amide bonds. The van der Waals surface area contributed by atoms with Crippen LogP contribution in [0.4, 0.5) is 0 Å². The number of aliphatic hydroxyl groups is 1. The molecule has 1 N–H and O–H groups in total. The van der Waals surface area contributed by atoms with Gasteiger partial charge in [0.25, 0.3) is 11.7 Å². The second-order valence-electron chi connectivity index (χ2n) is 9.85. The number of nitrogens with zero attached hydrogens (tertiary/aromatic N) is 4. The van der Waals surface area contributed by atoms with Gasteiger partial charge in [-0.05, 0) is 49.6 Å². The molecule has 4 heterocycles. The lowest BCUT2D eigenvalue weighted by Crippen LogP contribution is -2.39. The number of ketones is 1. The van der Waals surface area contributed by atoms with Crippen LogP contribution in [-0.4, -0.2) is 89.6 Å². The second-order valence-corrected chi connectivity index (χ2v) is 9.85. The summed E-state index contributed by atoms with van der Waals surface area (Å²) >= 11 is 0. The maximum atomic E-state index is 13.5. The second kappa shape index (κ2) is 11.1. The minimum atomic E-state index is -0.806. The van der Waals surface area contributed by atoms with Gasteiger partial charge in [0.15, 0.2) is 17.3 Å². The smallest absolute Gasteiger partial charge is 0.295 e. The van der Waals surface area contributed by atoms with E-state index in [0.29, 0.717) is 54.6 Å². The van der Waals surface area contributed by atoms with E-state index in [2.05, 4.69) is 9.88 Å². The van der Waals surface area contributed by atoms with Gasteiger partial charge in [-0.25, -0.2) is 4.98 Å². The summed E-state index contributed by atoms with van der Waals surface area (Å²) in [4.78, 5) is 35.4. The van der Waals surface area contributed by atoms with Crippen LogP contribution in [0.1, 0.15) is 35.0 Å². The van der Waals surface area contributed by atoms with Crippen LogP contribution in [0, 0.1) is 13.8 Å². The molecule has 10 nitrogen and oxygen atoms in total. The van der Waals surface area contributed by atoms with Crippen molar-refractivity contribution >= 4 is 23.1 Å². The standard InChI is InChI=1S/C29H34N4O6/c1-18-7-5-11-32-19(2)24(30-28(18)32)26(34)23-25(20-8-9-21(37-3)22(17-20)38-4)33(29(36)27(23)35)12-6-10-31-13-15-39-16-14-31/h5,7-9,11,17,25,34H,6,10,12-16H2,1-4H3/b26-23+. The molecular weight excluding hydrogens is 500 g/mol. The van der Waals surface area contributed by atoms with Crippen molar-refractivity contribution in [3.05, 3.63) is 64.6 Å². The van der Waals surface area contributed by atoms with Crippen molar-refractivity contribution in [2.75, 3.05) is 53.6 Å². The number of carbonyl (C=O) groups is 2. The van der Waals surface area contributed by atoms with Crippen molar-refractivity contribution in [3.63, 3.8) is 0 Å². The average Bonchev–Trinajstić information content (AvgIpc) is 3.43. The van der Waals surface area contributed by atoms with Crippen LogP contribution in [0.15, 0.2) is 42.1 Å². The molecule has 2 fully saturated rings. The summed E-state index contributed by atoms with van der Waals surface area (Å²) in [6, 6.07) is 8.31. The molecule has 2 aromatic heterocycles. The van der Waals surface area contributed by atoms with Crippen LogP contribution in [0.2, 0.25) is 0 Å². The number of fused-ring (bicyclic) bond motifs is 1. The summed E-state index contributed by atoms with van der Waals surface area (Å²) in [7, 11) is 3.08. The van der Waals surface area contributed by atoms with E-state index < -0.39 is 17.7 Å². The van der Waals surface area contributed by atoms with Gasteiger partial charge in [-0.15, -0.1) is 0 Å². The number of pyridine rings is 1. The molecule has 2 aliphatic rings. The summed E-state index contributed by atoms with van der Waals surface area (Å²) in [6.45, 7) is 7.94. The molecule has 0 saturated carbocycles. The van der Waals surface area contributed by atoms with Crippen molar-refractivity contribution in [1.29, 1.82) is 0 Å². The van der Waals surface area contributed by atoms with E-state index in [1.165, 1.54) is 7.11 Å². The van der Waals surface area contributed by atoms with Gasteiger partial charge in [-0.2, -0.15) is 0 Å². The lowest BCUT2D eigenvalue weighted by atomic mass is 9.96. The zero-order valence-corrected chi connectivity index (χ0v) is 22.8. The Hall–Kier alpha value is -3.89. The highest BCUT2D eigenvalue weighted by atomic mass is 16.5. The number of imidazole rings is 1. The fraction of sp³-hybridized carbons (Fsp3) is 0.414. The van der Waals surface area contributed by atoms with Crippen LogP contribution in [-0.2, 0) is 14.3 Å². The zero-order valence-electron chi connectivity index (χ0n) is 22.8. The maximum absolute atomic E-state index is 13.5. The summed E-state index contributed by atoms with van der Waals surface area (Å²) in [5, 5.41) is 11.6. The summed E-state index contributed by atoms with van der Waals surface area (Å²) in [5.41, 5.74) is 3.22. The summed E-state index contributed by atoms with van der Waals surface area (Å²) in [5.74, 6) is -0.669. The van der Waals surface area contributed by atoms with Crippen LogP contribution in [0.25, 0.3) is 11.4 Å². The lowest BCUT2D eigenvalue weighted by Gasteiger charge is -2.29. The van der Waals surface area contributed by atoms with Crippen LogP contribution < -0.4 is 9.47 Å². The first kappa shape index (κ1) is 26.7. The van der Waals surface area contributed by atoms with Gasteiger partial charge in [0, 0.05) is 32.4 Å². The van der Waals surface area contributed by atoms with Crippen LogP contribution in [0.3, 0.4) is 0 Å². The van der Waals surface area contributed by atoms with E-state index in [1.54, 1.807) is 30.2 Å². The number of ether oxygens (including phenoxy) is 3. The number of aryl methyl sites for hydroxylation is 2. The van der Waals surface area contributed by atoms with E-state index in [-0.39, 0.29) is 17.0 Å². The summed E-state index contributed by atoms with van der Waals surface area (Å²) < 4.78 is 18.2. The Kier molecular flexibility index (Phi) is 7.58. The molecule has 2 aliphatic heterocycles. The first-order chi connectivity index (χ1) is 18.8. The normalized spacial score (nSPS) is 19.7. The molecule has 5 rings (SSSR count). The summed E-state index contributed by atoms with van der Waals surface area (Å²) in [6.07, 6.45) is 2.53. The predicted molar refractivity (Wildman–Crippen MR) is 145 cm³/mol. The number of aliphatic hydroxyl groups excluding tert-OH is 1. The quantitative estimate of drug-likeness (QED) is 0.267. The van der Waals surface area contributed by atoms with Crippen LogP contribution >= 0.6 is 0 Å². The molecule has 10 heteroatoms. The Morgan fingerprint density at radius 1 is 1.08 bits per heavy atom. The monoisotopic (exact) mass is 534 g/mol. The zero-order chi connectivity index (χ0) is 27.7. The molecule has 206 valence electrons. The minimum absolute atomic E-state index is 0.0164. The molecule has 2 saturated heterocycles. The number of Topliss-reactive ketones (excluding diaryl/α,β-unsaturated/α-hetero) is 1. The third-order valence-electron chi connectivity index (χ3n) is 7.55. The number of benzene rings is 1. The fourth-order valence-electron chi connectivity index (χ4n) is 5.44. The van der Waals surface area contributed by atoms with Gasteiger partial charge >= 0.3 is 0 Å². The first-order valence-corrected chi connectivity index (χ1v) is 13.1. The molecule has 0 bridgehead atoms. The van der Waals surface area contributed by atoms with Crippen molar-refractivity contribution in [2.45, 2.75) is 26.3 Å². The molecule has 1 aromatic carbocycles. The third kappa shape index (κ3) is 4.86. The highest BCUT2D eigenvalue weighted by Gasteiger charge is 2.46. The maximum Gasteiger partial charge on any atom is 0.295 e. The number of aromatic nitrogens is 2. The largest absolute Gasteiger partial charge is 0.505 e. The first-order valence-electron chi connectivity index (χ1n) is 13.1. The van der Waals surface area contributed by atoms with Gasteiger partial charge in [0.2, 0.25) is 0 Å². The molecule has 0 radical (unpaired) electrons. The van der Waals surface area contributed by atoms with Gasteiger partial charge in [0.1, 0.15) is 11.3 Å². The van der Waals surface area contributed by atoms with Crippen molar-refractivity contribution in [3.8, 4) is 11.5 Å². The fourth-order valence-corrected chi connectivity index (χ4v) is 5.44. The molecule has 39 heavy (non-hydrogen) atoms. The molecule has 3 aromatic rings.